The first-order valence-corrected chi connectivity index (χ1v) is 7.72. The van der Waals surface area contributed by atoms with Crippen LogP contribution in [0.3, 0.4) is 0 Å². The Morgan fingerprint density at radius 1 is 1.43 bits per heavy atom. The first-order valence-electron chi connectivity index (χ1n) is 7.34. The number of amides is 1. The average Bonchev–Trinajstić information content (AvgIpc) is 3.00. The van der Waals surface area contributed by atoms with Gasteiger partial charge in [-0.1, -0.05) is 29.8 Å². The molecule has 7 nitrogen and oxygen atoms in total. The summed E-state index contributed by atoms with van der Waals surface area (Å²) < 4.78 is 7.37. The van der Waals surface area contributed by atoms with Crippen LogP contribution in [0.2, 0.25) is 5.02 Å². The molecule has 0 radical (unpaired) electrons. The minimum atomic E-state index is -0.400. The van der Waals surface area contributed by atoms with Crippen molar-refractivity contribution in [3.63, 3.8) is 0 Å². The summed E-state index contributed by atoms with van der Waals surface area (Å²) in [5, 5.41) is 11.5. The molecule has 1 aliphatic rings. The zero-order chi connectivity index (χ0) is 16.4. The lowest BCUT2D eigenvalue weighted by molar-refractivity contribution is -0.155. The van der Waals surface area contributed by atoms with E-state index in [-0.39, 0.29) is 18.6 Å². The van der Waals surface area contributed by atoms with Gasteiger partial charge in [0.2, 0.25) is 5.91 Å². The summed E-state index contributed by atoms with van der Waals surface area (Å²) in [6, 6.07) is 7.54. The standard InChI is InChI=1S/C15H18ClN5O2/c1-15(2)9-23-13(11-5-3-4-6-12(11)16)7-21(15)14(22)8-20-10-17-18-19-20/h3-6,10,13H,7-9H2,1-2H3/t13-/m0/s1. The molecule has 0 saturated carbocycles. The molecule has 0 aliphatic carbocycles. The number of rotatable bonds is 3. The highest BCUT2D eigenvalue weighted by Crippen LogP contribution is 2.33. The number of carbonyl (C=O) groups is 1. The highest BCUT2D eigenvalue weighted by Gasteiger charge is 2.39. The fraction of sp³-hybridized carbons (Fsp3) is 0.467. The lowest BCUT2D eigenvalue weighted by Crippen LogP contribution is -2.57. The monoisotopic (exact) mass is 335 g/mol. The predicted molar refractivity (Wildman–Crippen MR) is 83.8 cm³/mol. The lowest BCUT2D eigenvalue weighted by Gasteiger charge is -2.45. The van der Waals surface area contributed by atoms with Crippen molar-refractivity contribution in [2.24, 2.45) is 0 Å². The third-order valence-electron chi connectivity index (χ3n) is 3.96. The van der Waals surface area contributed by atoms with Gasteiger partial charge in [0.05, 0.1) is 18.7 Å². The molecule has 1 saturated heterocycles. The molecule has 0 spiro atoms. The van der Waals surface area contributed by atoms with Gasteiger partial charge in [-0.3, -0.25) is 4.79 Å². The second-order valence-corrected chi connectivity index (χ2v) is 6.55. The SMILES string of the molecule is CC1(C)CO[C@H](c2ccccc2Cl)CN1C(=O)Cn1cnnn1. The smallest absolute Gasteiger partial charge is 0.245 e. The van der Waals surface area contributed by atoms with Crippen molar-refractivity contribution in [1.82, 2.24) is 25.1 Å². The largest absolute Gasteiger partial charge is 0.369 e. The molecule has 122 valence electrons. The number of hydrogen-bond donors (Lipinski definition) is 0. The molecule has 1 aliphatic heterocycles. The first-order chi connectivity index (χ1) is 11.0. The van der Waals surface area contributed by atoms with Crippen molar-refractivity contribution in [3.8, 4) is 0 Å². The van der Waals surface area contributed by atoms with Crippen LogP contribution < -0.4 is 0 Å². The fourth-order valence-electron chi connectivity index (χ4n) is 2.69. The summed E-state index contributed by atoms with van der Waals surface area (Å²) in [6.07, 6.45) is 1.19. The summed E-state index contributed by atoms with van der Waals surface area (Å²) in [4.78, 5) is 14.5. The van der Waals surface area contributed by atoms with Gasteiger partial charge in [-0.2, -0.15) is 0 Å². The van der Waals surface area contributed by atoms with E-state index in [9.17, 15) is 4.79 Å². The van der Waals surface area contributed by atoms with Crippen LogP contribution in [0.5, 0.6) is 0 Å². The molecular formula is C15H18ClN5O2. The van der Waals surface area contributed by atoms with Gasteiger partial charge in [0, 0.05) is 10.6 Å². The number of benzene rings is 1. The van der Waals surface area contributed by atoms with Gasteiger partial charge < -0.3 is 9.64 Å². The molecule has 3 rings (SSSR count). The highest BCUT2D eigenvalue weighted by atomic mass is 35.5. The zero-order valence-corrected chi connectivity index (χ0v) is 13.8. The van der Waals surface area contributed by atoms with E-state index in [1.54, 1.807) is 0 Å². The molecule has 1 amide bonds. The minimum Gasteiger partial charge on any atom is -0.369 e. The maximum absolute atomic E-state index is 12.7. The first kappa shape index (κ1) is 15.9. The average molecular weight is 336 g/mol. The van der Waals surface area contributed by atoms with E-state index in [0.29, 0.717) is 18.2 Å². The summed E-state index contributed by atoms with van der Waals surface area (Å²) in [7, 11) is 0. The summed E-state index contributed by atoms with van der Waals surface area (Å²) in [5.74, 6) is -0.0531. The van der Waals surface area contributed by atoms with E-state index in [1.807, 2.05) is 43.0 Å². The summed E-state index contributed by atoms with van der Waals surface area (Å²) in [6.45, 7) is 4.94. The topological polar surface area (TPSA) is 73.1 Å². The Morgan fingerprint density at radius 2 is 2.22 bits per heavy atom. The molecule has 1 atom stereocenters. The van der Waals surface area contributed by atoms with Crippen LogP contribution in [0, 0.1) is 0 Å². The quantitative estimate of drug-likeness (QED) is 0.853. The Labute approximate surface area is 139 Å². The normalized spacial score (nSPS) is 20.5. The van der Waals surface area contributed by atoms with E-state index < -0.39 is 5.54 Å². The van der Waals surface area contributed by atoms with E-state index in [0.717, 1.165) is 5.56 Å². The van der Waals surface area contributed by atoms with Gasteiger partial charge in [0.1, 0.15) is 19.0 Å². The van der Waals surface area contributed by atoms with Gasteiger partial charge in [0.15, 0.2) is 0 Å². The van der Waals surface area contributed by atoms with Gasteiger partial charge in [-0.05, 0) is 30.3 Å². The van der Waals surface area contributed by atoms with Crippen molar-refractivity contribution in [3.05, 3.63) is 41.2 Å². The van der Waals surface area contributed by atoms with Crippen molar-refractivity contribution in [2.75, 3.05) is 13.2 Å². The van der Waals surface area contributed by atoms with E-state index >= 15 is 0 Å². The van der Waals surface area contributed by atoms with Crippen LogP contribution in [-0.4, -0.2) is 49.7 Å². The third kappa shape index (κ3) is 3.35. The van der Waals surface area contributed by atoms with Crippen molar-refractivity contribution in [2.45, 2.75) is 32.0 Å². The van der Waals surface area contributed by atoms with Crippen molar-refractivity contribution >= 4 is 17.5 Å². The summed E-state index contributed by atoms with van der Waals surface area (Å²) >= 11 is 6.26. The van der Waals surface area contributed by atoms with Crippen LogP contribution in [0.15, 0.2) is 30.6 Å². The van der Waals surface area contributed by atoms with Crippen molar-refractivity contribution < 1.29 is 9.53 Å². The second-order valence-electron chi connectivity index (χ2n) is 6.15. The third-order valence-corrected chi connectivity index (χ3v) is 4.30. The highest BCUT2D eigenvalue weighted by molar-refractivity contribution is 6.31. The number of morpholine rings is 1. The van der Waals surface area contributed by atoms with E-state index in [4.69, 9.17) is 16.3 Å². The number of carbonyl (C=O) groups excluding carboxylic acids is 1. The predicted octanol–water partition coefficient (Wildman–Crippen LogP) is 1.71. The van der Waals surface area contributed by atoms with Gasteiger partial charge in [-0.25, -0.2) is 4.68 Å². The molecule has 1 aromatic carbocycles. The molecule has 0 bridgehead atoms. The second kappa shape index (κ2) is 6.25. The Morgan fingerprint density at radius 3 is 2.91 bits per heavy atom. The zero-order valence-electron chi connectivity index (χ0n) is 13.0. The fourth-order valence-corrected chi connectivity index (χ4v) is 2.95. The molecule has 8 heteroatoms. The van der Waals surface area contributed by atoms with Crippen LogP contribution in [0.4, 0.5) is 0 Å². The van der Waals surface area contributed by atoms with E-state index in [2.05, 4.69) is 15.5 Å². The molecule has 1 aromatic heterocycles. The number of aromatic nitrogens is 4. The number of halogens is 1. The minimum absolute atomic E-state index is 0.0531. The number of nitrogens with zero attached hydrogens (tertiary/aromatic N) is 5. The lowest BCUT2D eigenvalue weighted by atomic mass is 9.98. The molecule has 2 aromatic rings. The Hall–Kier alpha value is -1.99. The van der Waals surface area contributed by atoms with Gasteiger partial charge >= 0.3 is 0 Å². The maximum atomic E-state index is 12.7. The Balaban J connectivity index is 1.79. The summed E-state index contributed by atoms with van der Waals surface area (Å²) in [5.41, 5.74) is 0.493. The maximum Gasteiger partial charge on any atom is 0.245 e. The van der Waals surface area contributed by atoms with Crippen LogP contribution in [-0.2, 0) is 16.1 Å². The number of tetrazole rings is 1. The molecule has 23 heavy (non-hydrogen) atoms. The van der Waals surface area contributed by atoms with Crippen molar-refractivity contribution in [1.29, 1.82) is 0 Å². The van der Waals surface area contributed by atoms with Gasteiger partial charge in [0.25, 0.3) is 0 Å². The van der Waals surface area contributed by atoms with Crippen LogP contribution >= 0.6 is 11.6 Å². The molecular weight excluding hydrogens is 318 g/mol. The van der Waals surface area contributed by atoms with Gasteiger partial charge in [-0.15, -0.1) is 5.10 Å². The van der Waals surface area contributed by atoms with Crippen LogP contribution in [0.1, 0.15) is 25.5 Å². The molecule has 2 heterocycles. The number of hydrogen-bond acceptors (Lipinski definition) is 5. The number of ether oxygens (including phenoxy) is 1. The molecule has 0 unspecified atom stereocenters. The Kier molecular flexibility index (Phi) is 4.32. The molecule has 1 fully saturated rings. The Bertz CT molecular complexity index is 689. The van der Waals surface area contributed by atoms with E-state index in [1.165, 1.54) is 11.0 Å². The molecule has 0 N–H and O–H groups in total. The van der Waals surface area contributed by atoms with Crippen LogP contribution in [0.25, 0.3) is 0 Å².